The van der Waals surface area contributed by atoms with Gasteiger partial charge in [0.05, 0.1) is 5.52 Å². The first-order chi connectivity index (χ1) is 9.00. The number of carbonyl (C=O) groups excluding carboxylic acids is 1. The Hall–Kier alpha value is -2.37. The van der Waals surface area contributed by atoms with Gasteiger partial charge in [-0.2, -0.15) is 5.10 Å². The van der Waals surface area contributed by atoms with E-state index in [1.165, 1.54) is 0 Å². The van der Waals surface area contributed by atoms with E-state index in [2.05, 4.69) is 15.5 Å². The molecule has 0 aliphatic rings. The van der Waals surface area contributed by atoms with Crippen LogP contribution >= 0.6 is 0 Å². The first kappa shape index (κ1) is 13.1. The van der Waals surface area contributed by atoms with Crippen LogP contribution in [0.15, 0.2) is 24.3 Å². The molecule has 0 fully saturated rings. The van der Waals surface area contributed by atoms with Crippen molar-refractivity contribution in [3.05, 3.63) is 30.0 Å². The monoisotopic (exact) mass is 261 g/mol. The van der Waals surface area contributed by atoms with Gasteiger partial charge in [0.1, 0.15) is 6.04 Å². The Morgan fingerprint density at radius 3 is 2.63 bits per heavy atom. The van der Waals surface area contributed by atoms with Crippen molar-refractivity contribution >= 4 is 22.8 Å². The maximum atomic E-state index is 12.1. The maximum Gasteiger partial charge on any atom is 0.326 e. The Kier molecular flexibility index (Phi) is 3.50. The SMILES string of the molecule is CC(C)[C@@H](NC(=O)c1n[nH]c2ccccc12)C(=O)O. The van der Waals surface area contributed by atoms with Crippen LogP contribution in [0.5, 0.6) is 0 Å². The van der Waals surface area contributed by atoms with Gasteiger partial charge in [0.15, 0.2) is 5.69 Å². The lowest BCUT2D eigenvalue weighted by molar-refractivity contribution is -0.140. The lowest BCUT2D eigenvalue weighted by Gasteiger charge is -2.17. The van der Waals surface area contributed by atoms with Gasteiger partial charge in [0, 0.05) is 5.39 Å². The zero-order valence-electron chi connectivity index (χ0n) is 10.7. The largest absolute Gasteiger partial charge is 0.480 e. The normalized spacial score (nSPS) is 12.6. The Bertz CT molecular complexity index is 618. The number of aromatic nitrogens is 2. The van der Waals surface area contributed by atoms with Crippen LogP contribution in [0.25, 0.3) is 10.9 Å². The second-order valence-corrected chi connectivity index (χ2v) is 4.65. The summed E-state index contributed by atoms with van der Waals surface area (Å²) in [4.78, 5) is 23.1. The van der Waals surface area contributed by atoms with Crippen molar-refractivity contribution < 1.29 is 14.7 Å². The molecule has 0 radical (unpaired) electrons. The van der Waals surface area contributed by atoms with Crippen molar-refractivity contribution in [1.29, 1.82) is 0 Å². The molecule has 0 bridgehead atoms. The van der Waals surface area contributed by atoms with Crippen molar-refractivity contribution in [3.8, 4) is 0 Å². The highest BCUT2D eigenvalue weighted by Gasteiger charge is 2.25. The molecule has 0 saturated carbocycles. The van der Waals surface area contributed by atoms with Crippen LogP contribution in [-0.2, 0) is 4.79 Å². The molecule has 0 aliphatic carbocycles. The summed E-state index contributed by atoms with van der Waals surface area (Å²) in [5, 5.41) is 18.9. The molecule has 1 amide bonds. The second-order valence-electron chi connectivity index (χ2n) is 4.65. The van der Waals surface area contributed by atoms with Gasteiger partial charge >= 0.3 is 5.97 Å². The van der Waals surface area contributed by atoms with Crippen LogP contribution in [0.4, 0.5) is 0 Å². The van der Waals surface area contributed by atoms with Crippen LogP contribution in [-0.4, -0.2) is 33.2 Å². The molecule has 6 heteroatoms. The molecule has 2 aromatic rings. The van der Waals surface area contributed by atoms with E-state index in [9.17, 15) is 9.59 Å². The smallest absolute Gasteiger partial charge is 0.326 e. The average Bonchev–Trinajstić information content (AvgIpc) is 2.78. The molecule has 6 nitrogen and oxygen atoms in total. The standard InChI is InChI=1S/C13H15N3O3/c1-7(2)10(13(18)19)14-12(17)11-8-5-3-4-6-9(8)15-16-11/h3-7,10H,1-2H3,(H,14,17)(H,15,16)(H,18,19)/t10-/m1/s1. The third-order valence-corrected chi connectivity index (χ3v) is 2.90. The zero-order chi connectivity index (χ0) is 14.0. The zero-order valence-corrected chi connectivity index (χ0v) is 10.7. The molecule has 100 valence electrons. The highest BCUT2D eigenvalue weighted by Crippen LogP contribution is 2.15. The number of carbonyl (C=O) groups is 2. The number of carboxylic acid groups (broad SMARTS) is 1. The van der Waals surface area contributed by atoms with E-state index in [0.717, 1.165) is 5.52 Å². The first-order valence-corrected chi connectivity index (χ1v) is 5.97. The summed E-state index contributed by atoms with van der Waals surface area (Å²) in [5.41, 5.74) is 0.951. The van der Waals surface area contributed by atoms with Crippen LogP contribution in [0.1, 0.15) is 24.3 Å². The van der Waals surface area contributed by atoms with Gasteiger partial charge in [-0.25, -0.2) is 4.79 Å². The number of para-hydroxylation sites is 1. The summed E-state index contributed by atoms with van der Waals surface area (Å²) >= 11 is 0. The number of aliphatic carboxylic acids is 1. The van der Waals surface area contributed by atoms with Gasteiger partial charge in [0.2, 0.25) is 0 Å². The van der Waals surface area contributed by atoms with E-state index in [4.69, 9.17) is 5.11 Å². The molecular formula is C13H15N3O3. The summed E-state index contributed by atoms with van der Waals surface area (Å²) in [6.45, 7) is 3.48. The molecular weight excluding hydrogens is 246 g/mol. The minimum absolute atomic E-state index is 0.202. The highest BCUT2D eigenvalue weighted by molar-refractivity contribution is 6.05. The van der Waals surface area contributed by atoms with Crippen molar-refractivity contribution in [3.63, 3.8) is 0 Å². The minimum atomic E-state index is -1.05. The van der Waals surface area contributed by atoms with Gasteiger partial charge in [0.25, 0.3) is 5.91 Å². The van der Waals surface area contributed by atoms with E-state index in [0.29, 0.717) is 5.39 Å². The Morgan fingerprint density at radius 1 is 1.32 bits per heavy atom. The van der Waals surface area contributed by atoms with Gasteiger partial charge in [-0.1, -0.05) is 32.0 Å². The van der Waals surface area contributed by atoms with E-state index >= 15 is 0 Å². The maximum absolute atomic E-state index is 12.1. The number of hydrogen-bond acceptors (Lipinski definition) is 3. The highest BCUT2D eigenvalue weighted by atomic mass is 16.4. The third-order valence-electron chi connectivity index (χ3n) is 2.90. The molecule has 1 atom stereocenters. The number of nitrogens with one attached hydrogen (secondary N) is 2. The summed E-state index contributed by atoms with van der Waals surface area (Å²) in [6, 6.07) is 6.26. The number of carboxylic acids is 1. The summed E-state index contributed by atoms with van der Waals surface area (Å²) in [6.07, 6.45) is 0. The fourth-order valence-electron chi connectivity index (χ4n) is 1.86. The molecule has 0 spiro atoms. The van der Waals surface area contributed by atoms with Crippen molar-refractivity contribution in [1.82, 2.24) is 15.5 Å². The number of hydrogen-bond donors (Lipinski definition) is 3. The van der Waals surface area contributed by atoms with E-state index in [1.54, 1.807) is 32.0 Å². The van der Waals surface area contributed by atoms with Crippen LogP contribution in [0.2, 0.25) is 0 Å². The topological polar surface area (TPSA) is 95.1 Å². The fourth-order valence-corrected chi connectivity index (χ4v) is 1.86. The van der Waals surface area contributed by atoms with Crippen molar-refractivity contribution in [2.75, 3.05) is 0 Å². The molecule has 0 unspecified atom stereocenters. The molecule has 1 aromatic carbocycles. The van der Waals surface area contributed by atoms with Crippen molar-refractivity contribution in [2.24, 2.45) is 5.92 Å². The quantitative estimate of drug-likeness (QED) is 0.775. The van der Waals surface area contributed by atoms with Gasteiger partial charge < -0.3 is 10.4 Å². The first-order valence-electron chi connectivity index (χ1n) is 5.97. The number of fused-ring (bicyclic) bond motifs is 1. The molecule has 2 rings (SSSR count). The van der Waals surface area contributed by atoms with Crippen molar-refractivity contribution in [2.45, 2.75) is 19.9 Å². The van der Waals surface area contributed by atoms with Crippen LogP contribution in [0.3, 0.4) is 0 Å². The number of H-pyrrole nitrogens is 1. The number of aromatic amines is 1. The summed E-state index contributed by atoms with van der Waals surface area (Å²) in [7, 11) is 0. The molecule has 19 heavy (non-hydrogen) atoms. The van der Waals surface area contributed by atoms with Gasteiger partial charge in [-0.15, -0.1) is 0 Å². The Balaban J connectivity index is 2.27. The van der Waals surface area contributed by atoms with Gasteiger partial charge in [-0.05, 0) is 12.0 Å². The summed E-state index contributed by atoms with van der Waals surface area (Å²) in [5.74, 6) is -1.74. The molecule has 0 saturated heterocycles. The van der Waals surface area contributed by atoms with Crippen LogP contribution in [0, 0.1) is 5.92 Å². The molecule has 1 aromatic heterocycles. The Labute approximate surface area is 109 Å². The third kappa shape index (κ3) is 2.57. The summed E-state index contributed by atoms with van der Waals surface area (Å²) < 4.78 is 0. The molecule has 1 heterocycles. The second kappa shape index (κ2) is 5.09. The van der Waals surface area contributed by atoms with E-state index < -0.39 is 17.9 Å². The average molecular weight is 261 g/mol. The number of amides is 1. The van der Waals surface area contributed by atoms with Gasteiger partial charge in [-0.3, -0.25) is 9.89 Å². The predicted octanol–water partition coefficient (Wildman–Crippen LogP) is 1.40. The lowest BCUT2D eigenvalue weighted by Crippen LogP contribution is -2.44. The van der Waals surface area contributed by atoms with Crippen LogP contribution < -0.4 is 5.32 Å². The molecule has 0 aliphatic heterocycles. The van der Waals surface area contributed by atoms with E-state index in [-0.39, 0.29) is 11.6 Å². The molecule has 3 N–H and O–H groups in total. The Morgan fingerprint density at radius 2 is 2.00 bits per heavy atom. The number of nitrogens with zero attached hydrogens (tertiary/aromatic N) is 1. The number of rotatable bonds is 4. The fraction of sp³-hybridized carbons (Fsp3) is 0.308. The number of benzene rings is 1. The van der Waals surface area contributed by atoms with E-state index in [1.807, 2.05) is 6.07 Å². The minimum Gasteiger partial charge on any atom is -0.480 e. The predicted molar refractivity (Wildman–Crippen MR) is 69.8 cm³/mol. The lowest BCUT2D eigenvalue weighted by atomic mass is 10.0.